The van der Waals surface area contributed by atoms with Crippen LogP contribution in [0.5, 0.6) is 0 Å². The molecular formula is C48H52F4N8O6. The zero-order valence-electron chi connectivity index (χ0n) is 37.4. The molecule has 2 saturated heterocycles. The lowest BCUT2D eigenvalue weighted by atomic mass is 9.78. The Hall–Kier alpha value is -6.46. The van der Waals surface area contributed by atoms with Crippen LogP contribution in [0.15, 0.2) is 60.8 Å². The number of imidazole rings is 2. The van der Waals surface area contributed by atoms with Gasteiger partial charge in [-0.15, -0.1) is 0 Å². The van der Waals surface area contributed by atoms with Crippen LogP contribution < -0.4 is 10.6 Å². The Labute approximate surface area is 378 Å². The van der Waals surface area contributed by atoms with Gasteiger partial charge in [0, 0.05) is 29.8 Å². The van der Waals surface area contributed by atoms with Crippen LogP contribution >= 0.6 is 0 Å². The van der Waals surface area contributed by atoms with Crippen molar-refractivity contribution in [3.05, 3.63) is 83.6 Å². The molecule has 0 unspecified atom stereocenters. The quantitative estimate of drug-likeness (QED) is 0.101. The second kappa shape index (κ2) is 16.5. The van der Waals surface area contributed by atoms with E-state index in [1.54, 1.807) is 40.1 Å². The number of ether oxygens (including phenoxy) is 2. The van der Waals surface area contributed by atoms with E-state index >= 15 is 17.6 Å². The molecule has 2 aromatic heterocycles. The van der Waals surface area contributed by atoms with Gasteiger partial charge in [0.15, 0.2) is 0 Å². The predicted molar refractivity (Wildman–Crippen MR) is 235 cm³/mol. The Morgan fingerprint density at radius 2 is 1.29 bits per heavy atom. The number of aromatic amines is 2. The average Bonchev–Trinajstić information content (AvgIpc) is 3.79. The summed E-state index contributed by atoms with van der Waals surface area (Å²) >= 11 is 0. The van der Waals surface area contributed by atoms with Gasteiger partial charge in [0.05, 0.1) is 49.2 Å². The van der Waals surface area contributed by atoms with Gasteiger partial charge in [-0.3, -0.25) is 9.59 Å². The Morgan fingerprint density at radius 1 is 0.727 bits per heavy atom. The van der Waals surface area contributed by atoms with E-state index < -0.39 is 59.3 Å². The molecule has 1 spiro atoms. The summed E-state index contributed by atoms with van der Waals surface area (Å²) < 4.78 is 74.8. The summed E-state index contributed by atoms with van der Waals surface area (Å²) in [6, 6.07) is 10.8. The summed E-state index contributed by atoms with van der Waals surface area (Å²) in [5.74, 6) is -9.23. The fraction of sp³-hybridized carbons (Fsp3) is 0.458. The predicted octanol–water partition coefficient (Wildman–Crippen LogP) is 8.96. The number of methoxy groups -OCH3 is 2. The third-order valence-electron chi connectivity index (χ3n) is 13.8. The number of halogens is 4. The largest absolute Gasteiger partial charge is 0.453 e. The fourth-order valence-corrected chi connectivity index (χ4v) is 9.92. The number of carbonyl (C=O) groups is 4. The molecule has 4 atom stereocenters. The van der Waals surface area contributed by atoms with Gasteiger partial charge in [-0.1, -0.05) is 58.0 Å². The summed E-state index contributed by atoms with van der Waals surface area (Å²) in [5.41, 5.74) is 0.728. The number of carbonyl (C=O) groups excluding carboxylic acids is 4. The zero-order valence-corrected chi connectivity index (χ0v) is 37.4. The molecule has 3 fully saturated rings. The molecule has 5 aromatic rings. The number of nitrogens with zero attached hydrogens (tertiary/aromatic N) is 4. The lowest BCUT2D eigenvalue weighted by molar-refractivity contribution is -0.225. The maximum atomic E-state index is 16.3. The van der Waals surface area contributed by atoms with Crippen molar-refractivity contribution >= 4 is 35.0 Å². The molecule has 4 amide bonds. The third kappa shape index (κ3) is 7.60. The van der Waals surface area contributed by atoms with E-state index in [0.717, 1.165) is 25.0 Å². The van der Waals surface area contributed by atoms with E-state index in [1.165, 1.54) is 32.5 Å². The third-order valence-corrected chi connectivity index (χ3v) is 13.8. The van der Waals surface area contributed by atoms with Crippen molar-refractivity contribution in [3.63, 3.8) is 0 Å². The standard InChI is InChI=1S/C48H52F4N8O6/c1-24(2)38(57-44(63)65-5)42(61)59-17-7-8-36(59)41-54-33-14-11-27(20-34(33)55-41)26-9-12-29-30-13-10-28(19-32(30)48(51,52)47(49,50)31(29)18-26)35-22-53-40(56-35)37-21-46(15-16-46)23-60(37)43(62)39(25(3)4)58-45(64)66-6/h9-14,18-20,22,24-25,36-39H,7-8,15-17,21,23H2,1-6H3,(H,53,56)(H,54,55)(H,57,63)(H,58,64)/t36-,37-,38-,39-/m1/s1. The summed E-state index contributed by atoms with van der Waals surface area (Å²) in [5, 5.41) is 5.28. The summed E-state index contributed by atoms with van der Waals surface area (Å²) in [7, 11) is 2.46. The smallest absolute Gasteiger partial charge is 0.407 e. The van der Waals surface area contributed by atoms with Gasteiger partial charge in [0.25, 0.3) is 0 Å². The van der Waals surface area contributed by atoms with Crippen molar-refractivity contribution in [1.82, 2.24) is 40.4 Å². The van der Waals surface area contributed by atoms with Gasteiger partial charge in [-0.2, -0.15) is 17.6 Å². The highest BCUT2D eigenvalue weighted by atomic mass is 19.3. The lowest BCUT2D eigenvalue weighted by Gasteiger charge is -2.35. The molecule has 348 valence electrons. The number of rotatable bonds is 10. The molecular weight excluding hydrogens is 861 g/mol. The summed E-state index contributed by atoms with van der Waals surface area (Å²) in [6.07, 6.45) is 3.85. The number of nitrogens with one attached hydrogen (secondary N) is 4. The Balaban J connectivity index is 0.982. The van der Waals surface area contributed by atoms with Gasteiger partial charge in [-0.25, -0.2) is 19.6 Å². The van der Waals surface area contributed by atoms with Crippen LogP contribution in [0.25, 0.3) is 44.5 Å². The van der Waals surface area contributed by atoms with Gasteiger partial charge >= 0.3 is 24.0 Å². The number of amides is 4. The van der Waals surface area contributed by atoms with Gasteiger partial charge in [0.2, 0.25) is 11.8 Å². The first-order valence-corrected chi connectivity index (χ1v) is 22.3. The number of benzene rings is 3. The molecule has 1 saturated carbocycles. The first-order valence-electron chi connectivity index (χ1n) is 22.3. The van der Waals surface area contributed by atoms with Gasteiger partial charge in [-0.05, 0) is 95.9 Å². The highest BCUT2D eigenvalue weighted by Crippen LogP contribution is 2.60. The van der Waals surface area contributed by atoms with E-state index in [-0.39, 0.29) is 45.8 Å². The molecule has 0 radical (unpaired) electrons. The van der Waals surface area contributed by atoms with Gasteiger partial charge in [0.1, 0.15) is 23.7 Å². The first-order chi connectivity index (χ1) is 31.4. The van der Waals surface area contributed by atoms with Crippen molar-refractivity contribution < 1.29 is 46.2 Å². The van der Waals surface area contributed by atoms with E-state index in [2.05, 4.69) is 25.6 Å². The molecule has 2 aliphatic heterocycles. The van der Waals surface area contributed by atoms with Crippen molar-refractivity contribution in [2.75, 3.05) is 27.3 Å². The summed E-state index contributed by atoms with van der Waals surface area (Å²) in [6.45, 7) is 8.23. The monoisotopic (exact) mass is 912 g/mol. The van der Waals surface area contributed by atoms with Crippen molar-refractivity contribution in [2.45, 2.75) is 95.8 Å². The molecule has 18 heteroatoms. The lowest BCUT2D eigenvalue weighted by Crippen LogP contribution is -2.51. The highest BCUT2D eigenvalue weighted by Gasteiger charge is 2.63. The molecule has 4 aliphatic rings. The van der Waals surface area contributed by atoms with Crippen molar-refractivity contribution in [3.8, 4) is 33.5 Å². The van der Waals surface area contributed by atoms with Crippen LogP contribution in [-0.4, -0.2) is 93.1 Å². The van der Waals surface area contributed by atoms with E-state index in [0.29, 0.717) is 71.9 Å². The van der Waals surface area contributed by atoms with Crippen LogP contribution in [0, 0.1) is 17.3 Å². The number of hydrogen-bond acceptors (Lipinski definition) is 8. The number of aromatic nitrogens is 4. The maximum absolute atomic E-state index is 16.3. The summed E-state index contributed by atoms with van der Waals surface area (Å²) in [4.78, 5) is 71.0. The highest BCUT2D eigenvalue weighted by molar-refractivity contribution is 5.88. The molecule has 3 aromatic carbocycles. The second-order valence-electron chi connectivity index (χ2n) is 18.8. The maximum Gasteiger partial charge on any atom is 0.407 e. The fourth-order valence-electron chi connectivity index (χ4n) is 9.92. The minimum Gasteiger partial charge on any atom is -0.453 e. The number of likely N-dealkylation sites (tertiary alicyclic amines) is 2. The minimum atomic E-state index is -4.59. The van der Waals surface area contributed by atoms with Crippen LogP contribution in [0.2, 0.25) is 0 Å². The molecule has 4 N–H and O–H groups in total. The topological polar surface area (TPSA) is 175 Å². The SMILES string of the molecule is COC(=O)N[C@@H](C(=O)N1CC2(CC2)C[C@@H]1c1ncc(-c2ccc3c(c2)C(F)(F)C(F)(F)c2cc(-c4ccc5nc([C@H]6CCCN6C(=O)[C@H](NC(=O)OC)C(C)C)[nH]c5c4)ccc2-3)[nH]1)C(C)C. The molecule has 66 heavy (non-hydrogen) atoms. The Morgan fingerprint density at radius 3 is 1.88 bits per heavy atom. The van der Waals surface area contributed by atoms with Crippen LogP contribution in [-0.2, 0) is 30.9 Å². The van der Waals surface area contributed by atoms with Crippen LogP contribution in [0.1, 0.15) is 94.7 Å². The van der Waals surface area contributed by atoms with Crippen LogP contribution in [0.4, 0.5) is 27.2 Å². The average molecular weight is 913 g/mol. The van der Waals surface area contributed by atoms with Crippen molar-refractivity contribution in [2.24, 2.45) is 17.3 Å². The van der Waals surface area contributed by atoms with Crippen LogP contribution in [0.3, 0.4) is 0 Å². The first kappa shape index (κ1) is 44.7. The van der Waals surface area contributed by atoms with E-state index in [4.69, 9.17) is 14.5 Å². The Kier molecular flexibility index (Phi) is 11.1. The molecule has 0 bridgehead atoms. The molecule has 4 heterocycles. The number of hydrogen-bond donors (Lipinski definition) is 4. The molecule has 14 nitrogen and oxygen atoms in total. The number of fused-ring (bicyclic) bond motifs is 4. The molecule has 9 rings (SSSR count). The normalized spacial score (nSPS) is 20.8. The number of H-pyrrole nitrogens is 2. The van der Waals surface area contributed by atoms with Gasteiger partial charge < -0.3 is 39.9 Å². The zero-order chi connectivity index (χ0) is 47.0. The Bertz CT molecular complexity index is 2750. The minimum absolute atomic E-state index is 0.0195. The van der Waals surface area contributed by atoms with E-state index in [1.807, 2.05) is 27.7 Å². The molecule has 2 aliphatic carbocycles. The second-order valence-corrected chi connectivity index (χ2v) is 18.8. The van der Waals surface area contributed by atoms with E-state index in [9.17, 15) is 19.2 Å². The van der Waals surface area contributed by atoms with Crippen molar-refractivity contribution in [1.29, 1.82) is 0 Å². The number of alkyl carbamates (subject to hydrolysis) is 2. The number of alkyl halides is 4.